The van der Waals surface area contributed by atoms with Crippen molar-refractivity contribution in [2.24, 2.45) is 10.7 Å². The number of unbranched alkanes of at least 4 members (excludes halogenated alkanes) is 2. The van der Waals surface area contributed by atoms with Gasteiger partial charge in [0.1, 0.15) is 0 Å². The summed E-state index contributed by atoms with van der Waals surface area (Å²) >= 11 is 5.27. The molecule has 0 saturated carbocycles. The maximum Gasteiger partial charge on any atom is 0.167 e. The zero-order valence-electron chi connectivity index (χ0n) is 11.8. The zero-order valence-corrected chi connectivity index (χ0v) is 12.6. The Morgan fingerprint density at radius 3 is 2.79 bits per heavy atom. The molecule has 0 spiro atoms. The molecule has 0 amide bonds. The van der Waals surface area contributed by atoms with Crippen LogP contribution in [0, 0.1) is 12.3 Å². The van der Waals surface area contributed by atoms with Crippen molar-refractivity contribution in [3.63, 3.8) is 0 Å². The second-order valence-corrected chi connectivity index (χ2v) is 4.73. The van der Waals surface area contributed by atoms with Gasteiger partial charge in [-0.1, -0.05) is 0 Å². The minimum atomic E-state index is -0.452. The van der Waals surface area contributed by atoms with Crippen molar-refractivity contribution in [2.45, 2.75) is 24.8 Å². The SMILES string of the molecule is C#CCCCCNC(=S)NC(C=NC)(CN)CNC. The van der Waals surface area contributed by atoms with E-state index in [1.807, 2.05) is 7.05 Å². The predicted molar refractivity (Wildman–Crippen MR) is 86.5 cm³/mol. The van der Waals surface area contributed by atoms with E-state index in [1.54, 1.807) is 13.3 Å². The molecule has 0 fully saturated rings. The van der Waals surface area contributed by atoms with E-state index in [0.29, 0.717) is 18.2 Å². The van der Waals surface area contributed by atoms with Crippen molar-refractivity contribution in [2.75, 3.05) is 33.7 Å². The van der Waals surface area contributed by atoms with Crippen LogP contribution in [0.15, 0.2) is 4.99 Å². The largest absolute Gasteiger partial charge is 0.363 e. The van der Waals surface area contributed by atoms with Crippen molar-refractivity contribution >= 4 is 23.5 Å². The summed E-state index contributed by atoms with van der Waals surface area (Å²) in [5.74, 6) is 2.62. The lowest BCUT2D eigenvalue weighted by atomic mass is 10.0. The molecule has 0 rings (SSSR count). The number of hydrogen-bond donors (Lipinski definition) is 4. The van der Waals surface area contributed by atoms with Gasteiger partial charge in [-0.3, -0.25) is 4.99 Å². The molecular formula is C13H25N5S. The Balaban J connectivity index is 4.20. The summed E-state index contributed by atoms with van der Waals surface area (Å²) in [7, 11) is 3.59. The second kappa shape index (κ2) is 10.7. The third kappa shape index (κ3) is 7.78. The van der Waals surface area contributed by atoms with Crippen LogP contribution in [0.2, 0.25) is 0 Å². The Bertz CT molecular complexity index is 323. The van der Waals surface area contributed by atoms with Crippen molar-refractivity contribution in [3.8, 4) is 12.3 Å². The van der Waals surface area contributed by atoms with Gasteiger partial charge in [-0.25, -0.2) is 0 Å². The van der Waals surface area contributed by atoms with Crippen molar-refractivity contribution in [3.05, 3.63) is 0 Å². The summed E-state index contributed by atoms with van der Waals surface area (Å²) in [6.07, 6.45) is 9.78. The highest BCUT2D eigenvalue weighted by Gasteiger charge is 2.26. The van der Waals surface area contributed by atoms with Gasteiger partial charge in [-0.2, -0.15) is 0 Å². The fraction of sp³-hybridized carbons (Fsp3) is 0.692. The highest BCUT2D eigenvalue weighted by molar-refractivity contribution is 7.80. The Labute approximate surface area is 121 Å². The van der Waals surface area contributed by atoms with E-state index in [9.17, 15) is 0 Å². The van der Waals surface area contributed by atoms with Crippen LogP contribution < -0.4 is 21.7 Å². The summed E-state index contributed by atoms with van der Waals surface area (Å²) in [5, 5.41) is 10.0. The van der Waals surface area contributed by atoms with Crippen LogP contribution in [-0.2, 0) is 0 Å². The predicted octanol–water partition coefficient (Wildman–Crippen LogP) is -0.128. The highest BCUT2D eigenvalue weighted by Crippen LogP contribution is 1.98. The minimum Gasteiger partial charge on any atom is -0.363 e. The monoisotopic (exact) mass is 283 g/mol. The third-order valence-electron chi connectivity index (χ3n) is 2.63. The van der Waals surface area contributed by atoms with E-state index >= 15 is 0 Å². The normalized spacial score (nSPS) is 13.8. The number of aliphatic imine (C=N–C) groups is 1. The number of terminal acetylenes is 1. The summed E-state index contributed by atoms with van der Waals surface area (Å²) in [6, 6.07) is 0. The molecule has 0 aliphatic heterocycles. The van der Waals surface area contributed by atoms with Crippen LogP contribution in [0.25, 0.3) is 0 Å². The van der Waals surface area contributed by atoms with Crippen LogP contribution in [0.4, 0.5) is 0 Å². The van der Waals surface area contributed by atoms with Crippen LogP contribution in [0.1, 0.15) is 19.3 Å². The standard InChI is InChI=1S/C13H25N5S/c1-4-5-6-7-8-17-12(19)18-13(9-14,10-15-2)11-16-3/h1,10,16H,5-9,11,14H2,2-3H3,(H2,17,18,19). The quantitative estimate of drug-likeness (QED) is 0.205. The molecule has 19 heavy (non-hydrogen) atoms. The fourth-order valence-electron chi connectivity index (χ4n) is 1.68. The smallest absolute Gasteiger partial charge is 0.167 e. The number of nitrogens with one attached hydrogen (secondary N) is 3. The summed E-state index contributed by atoms with van der Waals surface area (Å²) in [6.45, 7) is 1.86. The van der Waals surface area contributed by atoms with Gasteiger partial charge < -0.3 is 21.7 Å². The van der Waals surface area contributed by atoms with Gasteiger partial charge in [-0.15, -0.1) is 12.3 Å². The molecule has 0 aromatic rings. The number of nitrogens with zero attached hydrogens (tertiary/aromatic N) is 1. The van der Waals surface area contributed by atoms with E-state index in [1.165, 1.54) is 0 Å². The second-order valence-electron chi connectivity index (χ2n) is 4.32. The molecule has 0 aromatic carbocycles. The number of hydrogen-bond acceptors (Lipinski definition) is 4. The van der Waals surface area contributed by atoms with Gasteiger partial charge in [0.25, 0.3) is 0 Å². The van der Waals surface area contributed by atoms with Crippen molar-refractivity contribution in [1.29, 1.82) is 0 Å². The molecule has 6 heteroatoms. The van der Waals surface area contributed by atoms with Crippen LogP contribution in [-0.4, -0.2) is 50.6 Å². The van der Waals surface area contributed by atoms with Crippen molar-refractivity contribution < 1.29 is 0 Å². The molecule has 0 saturated heterocycles. The lowest BCUT2D eigenvalue weighted by molar-refractivity contribution is 0.494. The fourth-order valence-corrected chi connectivity index (χ4v) is 1.99. The Morgan fingerprint density at radius 1 is 1.53 bits per heavy atom. The molecule has 5 nitrogen and oxygen atoms in total. The number of nitrogens with two attached hydrogens (primary N) is 1. The summed E-state index contributed by atoms with van der Waals surface area (Å²) < 4.78 is 0. The first-order chi connectivity index (χ1) is 9.14. The Kier molecular flexibility index (Phi) is 10.1. The molecule has 1 unspecified atom stereocenters. The van der Waals surface area contributed by atoms with Gasteiger partial charge in [0, 0.05) is 39.3 Å². The van der Waals surface area contributed by atoms with E-state index in [-0.39, 0.29) is 0 Å². The average molecular weight is 283 g/mol. The van der Waals surface area contributed by atoms with Gasteiger partial charge in [0.05, 0.1) is 5.54 Å². The topological polar surface area (TPSA) is 74.5 Å². The molecular weight excluding hydrogens is 258 g/mol. The first kappa shape index (κ1) is 17.8. The van der Waals surface area contributed by atoms with Crippen LogP contribution in [0.3, 0.4) is 0 Å². The zero-order chi connectivity index (χ0) is 14.6. The Hall–Kier alpha value is -1.16. The summed E-state index contributed by atoms with van der Waals surface area (Å²) in [4.78, 5) is 4.05. The molecule has 1 atom stereocenters. The molecule has 0 bridgehead atoms. The first-order valence-electron chi connectivity index (χ1n) is 6.41. The van der Waals surface area contributed by atoms with Gasteiger partial charge in [0.2, 0.25) is 0 Å². The molecule has 5 N–H and O–H groups in total. The summed E-state index contributed by atoms with van der Waals surface area (Å²) in [5.41, 5.74) is 5.37. The van der Waals surface area contributed by atoms with Crippen LogP contribution >= 0.6 is 12.2 Å². The number of rotatable bonds is 9. The maximum atomic E-state index is 5.82. The third-order valence-corrected chi connectivity index (χ3v) is 2.88. The first-order valence-corrected chi connectivity index (χ1v) is 6.82. The highest BCUT2D eigenvalue weighted by atomic mass is 32.1. The molecule has 0 aromatic heterocycles. The lowest BCUT2D eigenvalue weighted by Gasteiger charge is -2.31. The van der Waals surface area contributed by atoms with E-state index < -0.39 is 5.54 Å². The molecule has 108 valence electrons. The van der Waals surface area contributed by atoms with Gasteiger partial charge in [-0.05, 0) is 32.1 Å². The molecule has 0 aliphatic carbocycles. The number of likely N-dealkylation sites (N-methyl/N-ethyl adjacent to an activating group) is 1. The molecule has 0 aliphatic rings. The number of thiocarbonyl (C=S) groups is 1. The molecule has 0 heterocycles. The molecule has 0 radical (unpaired) electrons. The van der Waals surface area contributed by atoms with Gasteiger partial charge in [0.15, 0.2) is 5.11 Å². The van der Waals surface area contributed by atoms with E-state index in [0.717, 1.165) is 25.8 Å². The van der Waals surface area contributed by atoms with Gasteiger partial charge >= 0.3 is 0 Å². The van der Waals surface area contributed by atoms with Crippen molar-refractivity contribution in [1.82, 2.24) is 16.0 Å². The average Bonchev–Trinajstić information content (AvgIpc) is 2.39. The van der Waals surface area contributed by atoms with Crippen LogP contribution in [0.5, 0.6) is 0 Å². The Morgan fingerprint density at radius 2 is 2.26 bits per heavy atom. The minimum absolute atomic E-state index is 0.407. The van der Waals surface area contributed by atoms with E-state index in [4.69, 9.17) is 24.4 Å². The maximum absolute atomic E-state index is 5.82. The van der Waals surface area contributed by atoms with E-state index in [2.05, 4.69) is 26.9 Å². The lowest BCUT2D eigenvalue weighted by Crippen LogP contribution is -2.62.